The third-order valence-corrected chi connectivity index (χ3v) is 5.33. The Hall–Kier alpha value is -1.65. The van der Waals surface area contributed by atoms with Crippen LogP contribution in [-0.2, 0) is 20.1 Å². The molecule has 4 heteroatoms. The van der Waals surface area contributed by atoms with Gasteiger partial charge < -0.3 is 0 Å². The molecule has 0 spiro atoms. The molecule has 2 aromatic rings. The van der Waals surface area contributed by atoms with Crippen molar-refractivity contribution < 1.29 is 0 Å². The van der Waals surface area contributed by atoms with E-state index in [1.165, 1.54) is 42.9 Å². The quantitative estimate of drug-likeness (QED) is 0.866. The molecule has 4 rings (SSSR count). The highest BCUT2D eigenvalue weighted by Crippen LogP contribution is 2.32. The van der Waals surface area contributed by atoms with E-state index in [0.717, 1.165) is 24.9 Å². The van der Waals surface area contributed by atoms with Gasteiger partial charge in [0.05, 0.1) is 6.20 Å². The van der Waals surface area contributed by atoms with E-state index in [4.69, 9.17) is 0 Å². The van der Waals surface area contributed by atoms with Crippen LogP contribution in [0.5, 0.6) is 0 Å². The van der Waals surface area contributed by atoms with Crippen LogP contribution < -0.4 is 0 Å². The van der Waals surface area contributed by atoms with Gasteiger partial charge in [-0.1, -0.05) is 29.8 Å². The van der Waals surface area contributed by atoms with Gasteiger partial charge in [-0.05, 0) is 24.3 Å². The van der Waals surface area contributed by atoms with Crippen LogP contribution in [0.25, 0.3) is 0 Å². The highest BCUT2D eigenvalue weighted by molar-refractivity contribution is 5.21. The number of aromatic nitrogens is 2. The topological polar surface area (TPSA) is 24.3 Å². The zero-order chi connectivity index (χ0) is 15.8. The van der Waals surface area contributed by atoms with Crippen LogP contribution in [0.15, 0.2) is 36.7 Å². The highest BCUT2D eigenvalue weighted by Gasteiger charge is 2.39. The largest absolute Gasteiger partial charge is 0.298 e. The zero-order valence-electron chi connectivity index (χ0n) is 14.2. The first-order chi connectivity index (χ1) is 11.2. The van der Waals surface area contributed by atoms with Crippen LogP contribution in [0.2, 0.25) is 0 Å². The first-order valence-electron chi connectivity index (χ1n) is 8.63. The molecule has 1 aromatic carbocycles. The molecule has 2 saturated heterocycles. The average Bonchev–Trinajstić information content (AvgIpc) is 3.17. The van der Waals surface area contributed by atoms with Gasteiger partial charge in [0, 0.05) is 58.1 Å². The van der Waals surface area contributed by atoms with Crippen LogP contribution in [0.1, 0.15) is 16.7 Å². The number of benzene rings is 1. The van der Waals surface area contributed by atoms with Crippen molar-refractivity contribution in [3.8, 4) is 0 Å². The number of hydrogen-bond donors (Lipinski definition) is 0. The summed E-state index contributed by atoms with van der Waals surface area (Å²) in [6.07, 6.45) is 4.13. The van der Waals surface area contributed by atoms with Crippen molar-refractivity contribution >= 4 is 0 Å². The molecule has 1 aromatic heterocycles. The fraction of sp³-hybridized carbons (Fsp3) is 0.526. The Bertz CT molecular complexity index is 646. The van der Waals surface area contributed by atoms with Gasteiger partial charge in [-0.25, -0.2) is 0 Å². The normalized spacial score (nSPS) is 25.1. The maximum atomic E-state index is 4.28. The fourth-order valence-electron chi connectivity index (χ4n) is 4.21. The number of aryl methyl sites for hydroxylation is 2. The molecule has 0 aliphatic carbocycles. The molecule has 0 saturated carbocycles. The van der Waals surface area contributed by atoms with Gasteiger partial charge in [-0.3, -0.25) is 14.5 Å². The van der Waals surface area contributed by atoms with Crippen molar-refractivity contribution in [2.24, 2.45) is 18.9 Å². The van der Waals surface area contributed by atoms with Crippen molar-refractivity contribution in [3.05, 3.63) is 53.3 Å². The number of likely N-dealkylation sites (tertiary alicyclic amines) is 2. The summed E-state index contributed by atoms with van der Waals surface area (Å²) in [7, 11) is 1.99. The zero-order valence-corrected chi connectivity index (χ0v) is 14.2. The van der Waals surface area contributed by atoms with Gasteiger partial charge in [0.2, 0.25) is 0 Å². The molecule has 122 valence electrons. The predicted molar refractivity (Wildman–Crippen MR) is 91.9 cm³/mol. The second-order valence-corrected chi connectivity index (χ2v) is 7.42. The molecule has 2 fully saturated rings. The highest BCUT2D eigenvalue weighted by atomic mass is 15.3. The third kappa shape index (κ3) is 3.33. The van der Waals surface area contributed by atoms with E-state index in [-0.39, 0.29) is 0 Å². The summed E-state index contributed by atoms with van der Waals surface area (Å²) in [6.45, 7) is 9.30. The molecular formula is C19H26N4. The number of rotatable bonds is 4. The van der Waals surface area contributed by atoms with Gasteiger partial charge >= 0.3 is 0 Å². The Morgan fingerprint density at radius 2 is 1.48 bits per heavy atom. The fourth-order valence-corrected chi connectivity index (χ4v) is 4.21. The van der Waals surface area contributed by atoms with E-state index in [1.807, 2.05) is 17.9 Å². The van der Waals surface area contributed by atoms with Crippen LogP contribution in [-0.4, -0.2) is 45.8 Å². The lowest BCUT2D eigenvalue weighted by atomic mass is 10.0. The van der Waals surface area contributed by atoms with E-state index >= 15 is 0 Å². The molecule has 0 amide bonds. The summed E-state index contributed by atoms with van der Waals surface area (Å²) < 4.78 is 1.90. The van der Waals surface area contributed by atoms with Crippen molar-refractivity contribution in [1.29, 1.82) is 0 Å². The van der Waals surface area contributed by atoms with Crippen molar-refractivity contribution in [3.63, 3.8) is 0 Å². The minimum atomic E-state index is 0.845. The molecule has 3 heterocycles. The van der Waals surface area contributed by atoms with E-state index in [9.17, 15) is 0 Å². The summed E-state index contributed by atoms with van der Waals surface area (Å²) in [6, 6.07) is 9.00. The minimum absolute atomic E-state index is 0.845. The van der Waals surface area contributed by atoms with Gasteiger partial charge in [0.15, 0.2) is 0 Å². The monoisotopic (exact) mass is 310 g/mol. The van der Waals surface area contributed by atoms with E-state index in [2.05, 4.69) is 52.3 Å². The maximum Gasteiger partial charge on any atom is 0.0534 e. The summed E-state index contributed by atoms with van der Waals surface area (Å²) in [5.41, 5.74) is 4.13. The lowest BCUT2D eigenvalue weighted by Crippen LogP contribution is -2.28. The number of nitrogens with zero attached hydrogens (tertiary/aromatic N) is 4. The lowest BCUT2D eigenvalue weighted by Gasteiger charge is -2.21. The van der Waals surface area contributed by atoms with Gasteiger partial charge in [0.25, 0.3) is 0 Å². The predicted octanol–water partition coefficient (Wildman–Crippen LogP) is 2.29. The van der Waals surface area contributed by atoms with Crippen LogP contribution in [0.4, 0.5) is 0 Å². The summed E-state index contributed by atoms with van der Waals surface area (Å²) >= 11 is 0. The molecule has 0 bridgehead atoms. The summed E-state index contributed by atoms with van der Waals surface area (Å²) in [5.74, 6) is 1.69. The van der Waals surface area contributed by atoms with Gasteiger partial charge in [-0.15, -0.1) is 0 Å². The average molecular weight is 310 g/mol. The molecule has 2 aliphatic heterocycles. The smallest absolute Gasteiger partial charge is 0.0534 e. The lowest BCUT2D eigenvalue weighted by molar-refractivity contribution is 0.246. The first kappa shape index (κ1) is 14.9. The van der Waals surface area contributed by atoms with Crippen LogP contribution >= 0.6 is 0 Å². The molecular weight excluding hydrogens is 284 g/mol. The Morgan fingerprint density at radius 3 is 2.00 bits per heavy atom. The van der Waals surface area contributed by atoms with E-state index < -0.39 is 0 Å². The molecule has 0 N–H and O–H groups in total. The van der Waals surface area contributed by atoms with E-state index in [1.54, 1.807) is 0 Å². The van der Waals surface area contributed by atoms with Crippen molar-refractivity contribution in [2.45, 2.75) is 20.0 Å². The molecule has 2 aliphatic rings. The van der Waals surface area contributed by atoms with Gasteiger partial charge in [-0.2, -0.15) is 5.10 Å². The molecule has 4 nitrogen and oxygen atoms in total. The third-order valence-electron chi connectivity index (χ3n) is 5.33. The standard InChI is InChI=1S/C19H26N4/c1-15-3-5-16(6-4-15)9-22-11-18-13-23(14-19(18)12-22)10-17-7-20-21(2)8-17/h3-8,18-19H,9-14H2,1-2H3/t18-,19+. The Balaban J connectivity index is 1.30. The molecule has 23 heavy (non-hydrogen) atoms. The second-order valence-electron chi connectivity index (χ2n) is 7.42. The van der Waals surface area contributed by atoms with Crippen LogP contribution in [0, 0.1) is 18.8 Å². The first-order valence-corrected chi connectivity index (χ1v) is 8.63. The molecule has 0 radical (unpaired) electrons. The second kappa shape index (κ2) is 6.10. The van der Waals surface area contributed by atoms with Crippen molar-refractivity contribution in [1.82, 2.24) is 19.6 Å². The maximum absolute atomic E-state index is 4.28. The minimum Gasteiger partial charge on any atom is -0.298 e. The molecule has 2 atom stereocenters. The van der Waals surface area contributed by atoms with Crippen LogP contribution in [0.3, 0.4) is 0 Å². The Kier molecular flexibility index (Phi) is 3.95. The summed E-state index contributed by atoms with van der Waals surface area (Å²) in [4.78, 5) is 5.25. The molecule has 0 unspecified atom stereocenters. The Morgan fingerprint density at radius 1 is 0.913 bits per heavy atom. The van der Waals surface area contributed by atoms with E-state index in [0.29, 0.717) is 0 Å². The van der Waals surface area contributed by atoms with Gasteiger partial charge in [0.1, 0.15) is 0 Å². The number of fused-ring (bicyclic) bond motifs is 1. The van der Waals surface area contributed by atoms with Crippen molar-refractivity contribution in [2.75, 3.05) is 26.2 Å². The number of hydrogen-bond acceptors (Lipinski definition) is 3. The SMILES string of the molecule is Cc1ccc(CN2C[C@@H]3CN(Cc4cnn(C)c4)C[C@@H]3C2)cc1. The summed E-state index contributed by atoms with van der Waals surface area (Å²) in [5, 5.41) is 4.28. The Labute approximate surface area is 138 Å².